The van der Waals surface area contributed by atoms with Crippen molar-refractivity contribution in [2.75, 3.05) is 11.1 Å². The third-order valence-corrected chi connectivity index (χ3v) is 3.28. The quantitative estimate of drug-likeness (QED) is 0.576. The van der Waals surface area contributed by atoms with Crippen molar-refractivity contribution in [2.24, 2.45) is 0 Å². The largest absolute Gasteiger partial charge is 0.506 e. The van der Waals surface area contributed by atoms with Crippen LogP contribution in [-0.2, 0) is 0 Å². The number of rotatable bonds is 2. The lowest BCUT2D eigenvalue weighted by Crippen LogP contribution is -2.12. The molecule has 98 valence electrons. The summed E-state index contributed by atoms with van der Waals surface area (Å²) in [5, 5.41) is 12.5. The minimum absolute atomic E-state index is 0.130. The molecule has 0 aliphatic carbocycles. The Morgan fingerprint density at radius 3 is 2.63 bits per heavy atom. The lowest BCUT2D eigenvalue weighted by molar-refractivity contribution is 0.102. The van der Waals surface area contributed by atoms with Gasteiger partial charge in [0.25, 0.3) is 5.91 Å². The number of hydrogen-bond acceptors (Lipinski definition) is 3. The van der Waals surface area contributed by atoms with Crippen molar-refractivity contribution in [2.45, 2.75) is 0 Å². The molecule has 2 aromatic carbocycles. The summed E-state index contributed by atoms with van der Waals surface area (Å²) in [6, 6.07) is 9.42. The van der Waals surface area contributed by atoms with E-state index in [2.05, 4.69) is 21.2 Å². The topological polar surface area (TPSA) is 75.4 Å². The van der Waals surface area contributed by atoms with Crippen molar-refractivity contribution in [3.63, 3.8) is 0 Å². The maximum absolute atomic E-state index is 12.0. The van der Waals surface area contributed by atoms with Gasteiger partial charge in [-0.05, 0) is 36.4 Å². The van der Waals surface area contributed by atoms with Crippen molar-refractivity contribution in [1.29, 1.82) is 0 Å². The minimum atomic E-state index is -0.375. The molecule has 0 fully saturated rings. The number of aromatic hydroxyl groups is 1. The molecule has 4 N–H and O–H groups in total. The number of halogens is 2. The van der Waals surface area contributed by atoms with E-state index < -0.39 is 0 Å². The highest BCUT2D eigenvalue weighted by Gasteiger charge is 2.10. The van der Waals surface area contributed by atoms with Crippen LogP contribution in [0, 0.1) is 0 Å². The molecule has 4 nitrogen and oxygen atoms in total. The molecule has 2 aromatic rings. The van der Waals surface area contributed by atoms with Gasteiger partial charge in [0.15, 0.2) is 0 Å². The fraction of sp³-hybridized carbons (Fsp3) is 0. The molecule has 0 aliphatic heterocycles. The fourth-order valence-corrected chi connectivity index (χ4v) is 2.19. The van der Waals surface area contributed by atoms with Crippen molar-refractivity contribution < 1.29 is 9.90 Å². The van der Waals surface area contributed by atoms with Gasteiger partial charge in [0.05, 0.1) is 16.4 Å². The number of nitrogens with one attached hydrogen (secondary N) is 1. The van der Waals surface area contributed by atoms with E-state index in [0.29, 0.717) is 16.3 Å². The first kappa shape index (κ1) is 13.7. The number of hydrogen-bond donors (Lipinski definition) is 3. The molecule has 0 bridgehead atoms. The number of carbonyl (C=O) groups excluding carboxylic acids is 1. The maximum atomic E-state index is 12.0. The Labute approximate surface area is 123 Å². The average Bonchev–Trinajstić information content (AvgIpc) is 2.36. The van der Waals surface area contributed by atoms with E-state index in [-0.39, 0.29) is 17.3 Å². The van der Waals surface area contributed by atoms with Crippen molar-refractivity contribution in [3.8, 4) is 5.75 Å². The Morgan fingerprint density at radius 1 is 1.26 bits per heavy atom. The van der Waals surface area contributed by atoms with Crippen LogP contribution in [-0.4, -0.2) is 11.0 Å². The molecule has 19 heavy (non-hydrogen) atoms. The van der Waals surface area contributed by atoms with Gasteiger partial charge >= 0.3 is 0 Å². The minimum Gasteiger partial charge on any atom is -0.506 e. The molecule has 0 spiro atoms. The number of nitrogens with two attached hydrogens (primary N) is 1. The van der Waals surface area contributed by atoms with E-state index in [1.54, 1.807) is 18.2 Å². The number of phenolic OH excluding ortho intramolecular Hbond substituents is 1. The van der Waals surface area contributed by atoms with Gasteiger partial charge in [0, 0.05) is 10.0 Å². The van der Waals surface area contributed by atoms with E-state index in [9.17, 15) is 9.90 Å². The van der Waals surface area contributed by atoms with Crippen LogP contribution < -0.4 is 11.1 Å². The summed E-state index contributed by atoms with van der Waals surface area (Å²) >= 11 is 9.28. The molecule has 0 heterocycles. The molecular formula is C13H10BrClN2O2. The molecule has 0 radical (unpaired) electrons. The van der Waals surface area contributed by atoms with Crippen molar-refractivity contribution in [1.82, 2.24) is 0 Å². The highest BCUT2D eigenvalue weighted by atomic mass is 79.9. The van der Waals surface area contributed by atoms with Crippen LogP contribution >= 0.6 is 27.5 Å². The summed E-state index contributed by atoms with van der Waals surface area (Å²) in [4.78, 5) is 12.0. The Balaban J connectivity index is 2.23. The average molecular weight is 342 g/mol. The normalized spacial score (nSPS) is 10.2. The first-order valence-electron chi connectivity index (χ1n) is 5.32. The molecular weight excluding hydrogens is 332 g/mol. The highest BCUT2D eigenvalue weighted by molar-refractivity contribution is 9.10. The van der Waals surface area contributed by atoms with Gasteiger partial charge in [-0.1, -0.05) is 27.5 Å². The standard InChI is InChI=1S/C13H10BrClN2O2/c14-8-2-4-11(9(15)6-8)17-13(19)7-1-3-10(16)12(18)5-7/h1-6,18H,16H2,(H,17,19). The highest BCUT2D eigenvalue weighted by Crippen LogP contribution is 2.27. The summed E-state index contributed by atoms with van der Waals surface area (Å²) in [5.41, 5.74) is 6.48. The Hall–Kier alpha value is -1.72. The van der Waals surface area contributed by atoms with Crippen LogP contribution in [0.1, 0.15) is 10.4 Å². The summed E-state index contributed by atoms with van der Waals surface area (Å²) in [5.74, 6) is -0.505. The summed E-state index contributed by atoms with van der Waals surface area (Å²) in [6.45, 7) is 0. The van der Waals surface area contributed by atoms with Crippen LogP contribution in [0.5, 0.6) is 5.75 Å². The molecule has 2 rings (SSSR count). The molecule has 0 saturated carbocycles. The molecule has 0 aliphatic rings. The molecule has 0 saturated heterocycles. The monoisotopic (exact) mass is 340 g/mol. The fourth-order valence-electron chi connectivity index (χ4n) is 1.47. The number of nitrogen functional groups attached to an aromatic ring is 1. The SMILES string of the molecule is Nc1ccc(C(=O)Nc2ccc(Br)cc2Cl)cc1O. The predicted octanol–water partition coefficient (Wildman–Crippen LogP) is 3.64. The van der Waals surface area contributed by atoms with Gasteiger partial charge < -0.3 is 16.2 Å². The number of carbonyl (C=O) groups is 1. The molecule has 0 unspecified atom stereocenters. The van der Waals surface area contributed by atoms with E-state index in [4.69, 9.17) is 17.3 Å². The summed E-state index contributed by atoms with van der Waals surface area (Å²) in [6.07, 6.45) is 0. The zero-order valence-electron chi connectivity index (χ0n) is 9.65. The molecule has 0 atom stereocenters. The van der Waals surface area contributed by atoms with E-state index in [1.165, 1.54) is 18.2 Å². The second kappa shape index (κ2) is 5.50. The molecule has 0 aromatic heterocycles. The van der Waals surface area contributed by atoms with Crippen molar-refractivity contribution in [3.05, 3.63) is 51.5 Å². The van der Waals surface area contributed by atoms with Gasteiger partial charge in [0.1, 0.15) is 5.75 Å². The second-order valence-electron chi connectivity index (χ2n) is 3.85. The predicted molar refractivity (Wildman–Crippen MR) is 79.6 cm³/mol. The first-order valence-corrected chi connectivity index (χ1v) is 6.49. The van der Waals surface area contributed by atoms with Gasteiger partial charge in [-0.15, -0.1) is 0 Å². The van der Waals surface area contributed by atoms with Gasteiger partial charge in [-0.2, -0.15) is 0 Å². The van der Waals surface area contributed by atoms with E-state index in [1.807, 2.05) is 0 Å². The van der Waals surface area contributed by atoms with E-state index in [0.717, 1.165) is 4.47 Å². The van der Waals surface area contributed by atoms with Crippen LogP contribution in [0.25, 0.3) is 0 Å². The molecule has 6 heteroatoms. The maximum Gasteiger partial charge on any atom is 0.255 e. The van der Waals surface area contributed by atoms with Gasteiger partial charge in [0.2, 0.25) is 0 Å². The third-order valence-electron chi connectivity index (χ3n) is 2.47. The zero-order valence-corrected chi connectivity index (χ0v) is 12.0. The number of anilines is 2. The van der Waals surface area contributed by atoms with E-state index >= 15 is 0 Å². The lowest BCUT2D eigenvalue weighted by atomic mass is 10.1. The number of phenols is 1. The van der Waals surface area contributed by atoms with Crippen LogP contribution in [0.15, 0.2) is 40.9 Å². The number of benzene rings is 2. The van der Waals surface area contributed by atoms with Crippen molar-refractivity contribution >= 4 is 44.8 Å². The zero-order chi connectivity index (χ0) is 14.0. The number of amides is 1. The third kappa shape index (κ3) is 3.19. The smallest absolute Gasteiger partial charge is 0.255 e. The second-order valence-corrected chi connectivity index (χ2v) is 5.17. The Bertz CT molecular complexity index is 647. The first-order chi connectivity index (χ1) is 8.97. The summed E-state index contributed by atoms with van der Waals surface area (Å²) in [7, 11) is 0. The summed E-state index contributed by atoms with van der Waals surface area (Å²) < 4.78 is 0.820. The Morgan fingerprint density at radius 2 is 2.00 bits per heavy atom. The van der Waals surface area contributed by atoms with Crippen LogP contribution in [0.4, 0.5) is 11.4 Å². The molecule has 1 amide bonds. The van der Waals surface area contributed by atoms with Crippen LogP contribution in [0.3, 0.4) is 0 Å². The Kier molecular flexibility index (Phi) is 3.97. The van der Waals surface area contributed by atoms with Gasteiger partial charge in [-0.25, -0.2) is 0 Å². The van der Waals surface area contributed by atoms with Crippen LogP contribution in [0.2, 0.25) is 5.02 Å². The lowest BCUT2D eigenvalue weighted by Gasteiger charge is -2.08. The van der Waals surface area contributed by atoms with Gasteiger partial charge in [-0.3, -0.25) is 4.79 Å².